The average molecular weight is 381 g/mol. The lowest BCUT2D eigenvalue weighted by Gasteiger charge is -2.11. The SMILES string of the molecule is Cc1[nH]n2c(=O)cc(-c3ccc(N(C)C)nc3)nc2c1-c1ccc(F)cc1F. The number of aromatic amines is 1. The molecule has 0 aliphatic carbocycles. The van der Waals surface area contributed by atoms with Crippen LogP contribution in [0.25, 0.3) is 28.0 Å². The Morgan fingerprint density at radius 1 is 1.11 bits per heavy atom. The van der Waals surface area contributed by atoms with E-state index in [1.807, 2.05) is 31.1 Å². The van der Waals surface area contributed by atoms with Crippen molar-refractivity contribution in [3.05, 3.63) is 70.3 Å². The van der Waals surface area contributed by atoms with Gasteiger partial charge in [0.1, 0.15) is 17.5 Å². The van der Waals surface area contributed by atoms with Crippen LogP contribution in [0.15, 0.2) is 47.4 Å². The van der Waals surface area contributed by atoms with Gasteiger partial charge in [-0.3, -0.25) is 9.89 Å². The van der Waals surface area contributed by atoms with Gasteiger partial charge in [-0.25, -0.2) is 23.3 Å². The van der Waals surface area contributed by atoms with Gasteiger partial charge in [0.25, 0.3) is 5.56 Å². The molecule has 28 heavy (non-hydrogen) atoms. The number of benzene rings is 1. The second-order valence-corrected chi connectivity index (χ2v) is 6.67. The number of fused-ring (bicyclic) bond motifs is 1. The van der Waals surface area contributed by atoms with Crippen LogP contribution < -0.4 is 10.5 Å². The van der Waals surface area contributed by atoms with Crippen LogP contribution in [0.4, 0.5) is 14.6 Å². The molecule has 1 aromatic carbocycles. The van der Waals surface area contributed by atoms with Gasteiger partial charge >= 0.3 is 0 Å². The van der Waals surface area contributed by atoms with Crippen LogP contribution in [-0.2, 0) is 0 Å². The second-order valence-electron chi connectivity index (χ2n) is 6.67. The van der Waals surface area contributed by atoms with Gasteiger partial charge in [-0.2, -0.15) is 0 Å². The molecule has 0 atom stereocenters. The molecule has 0 aliphatic rings. The Balaban J connectivity index is 1.93. The Morgan fingerprint density at radius 2 is 1.89 bits per heavy atom. The maximum absolute atomic E-state index is 14.4. The number of nitrogens with one attached hydrogen (secondary N) is 1. The maximum atomic E-state index is 14.4. The Morgan fingerprint density at radius 3 is 2.54 bits per heavy atom. The van der Waals surface area contributed by atoms with Crippen LogP contribution in [-0.4, -0.2) is 33.7 Å². The zero-order valence-corrected chi connectivity index (χ0v) is 15.5. The van der Waals surface area contributed by atoms with Crippen molar-refractivity contribution in [2.24, 2.45) is 0 Å². The minimum Gasteiger partial charge on any atom is -0.363 e. The zero-order chi connectivity index (χ0) is 20.0. The van der Waals surface area contributed by atoms with Gasteiger partial charge in [0.05, 0.1) is 5.69 Å². The Hall–Kier alpha value is -3.55. The lowest BCUT2D eigenvalue weighted by atomic mass is 10.1. The number of hydrogen-bond acceptors (Lipinski definition) is 4. The highest BCUT2D eigenvalue weighted by atomic mass is 19.1. The molecule has 6 nitrogen and oxygen atoms in total. The van der Waals surface area contributed by atoms with E-state index in [-0.39, 0.29) is 16.8 Å². The molecule has 0 amide bonds. The van der Waals surface area contributed by atoms with Gasteiger partial charge in [-0.05, 0) is 31.2 Å². The molecule has 0 fully saturated rings. The van der Waals surface area contributed by atoms with Crippen molar-refractivity contribution in [3.63, 3.8) is 0 Å². The number of rotatable bonds is 3. The summed E-state index contributed by atoms with van der Waals surface area (Å²) in [6.45, 7) is 1.71. The highest BCUT2D eigenvalue weighted by Gasteiger charge is 2.18. The lowest BCUT2D eigenvalue weighted by Crippen LogP contribution is -2.14. The average Bonchev–Trinajstić information content (AvgIpc) is 2.98. The molecular weight excluding hydrogens is 364 g/mol. The van der Waals surface area contributed by atoms with E-state index in [1.54, 1.807) is 13.1 Å². The molecule has 4 aromatic rings. The van der Waals surface area contributed by atoms with Crippen molar-refractivity contribution in [3.8, 4) is 22.4 Å². The fourth-order valence-corrected chi connectivity index (χ4v) is 3.11. The number of halogens is 2. The fraction of sp³-hybridized carbons (Fsp3) is 0.150. The van der Waals surface area contributed by atoms with Crippen molar-refractivity contribution in [1.29, 1.82) is 0 Å². The van der Waals surface area contributed by atoms with E-state index in [0.29, 0.717) is 22.5 Å². The van der Waals surface area contributed by atoms with Crippen molar-refractivity contribution in [1.82, 2.24) is 19.6 Å². The number of hydrogen-bond donors (Lipinski definition) is 1. The third-order valence-electron chi connectivity index (χ3n) is 4.50. The summed E-state index contributed by atoms with van der Waals surface area (Å²) in [5.41, 5.74) is 2.14. The summed E-state index contributed by atoms with van der Waals surface area (Å²) >= 11 is 0. The summed E-state index contributed by atoms with van der Waals surface area (Å²) in [6.07, 6.45) is 1.63. The standard InChI is InChI=1S/C20H17F2N5O/c1-11-19(14-6-5-13(21)8-15(14)22)20-24-16(9-18(28)27(20)25-11)12-4-7-17(23-10-12)26(2)3/h4-10,25H,1-3H3. The Kier molecular flexibility index (Phi) is 4.18. The summed E-state index contributed by atoms with van der Waals surface area (Å²) in [7, 11) is 3.76. The number of H-pyrrole nitrogens is 1. The topological polar surface area (TPSA) is 66.3 Å². The third-order valence-corrected chi connectivity index (χ3v) is 4.50. The van der Waals surface area contributed by atoms with Gasteiger partial charge in [0.15, 0.2) is 5.65 Å². The molecule has 3 heterocycles. The smallest absolute Gasteiger partial charge is 0.273 e. The monoisotopic (exact) mass is 381 g/mol. The normalized spacial score (nSPS) is 11.2. The molecule has 4 rings (SSSR count). The molecule has 0 saturated heterocycles. The van der Waals surface area contributed by atoms with E-state index in [1.165, 1.54) is 22.7 Å². The molecule has 0 radical (unpaired) electrons. The van der Waals surface area contributed by atoms with Crippen LogP contribution in [0, 0.1) is 18.6 Å². The van der Waals surface area contributed by atoms with Crippen LogP contribution >= 0.6 is 0 Å². The van der Waals surface area contributed by atoms with Gasteiger partial charge in [-0.1, -0.05) is 0 Å². The van der Waals surface area contributed by atoms with Crippen LogP contribution in [0.3, 0.4) is 0 Å². The fourth-order valence-electron chi connectivity index (χ4n) is 3.11. The summed E-state index contributed by atoms with van der Waals surface area (Å²) in [4.78, 5) is 23.4. The first kappa shape index (κ1) is 17.8. The van der Waals surface area contributed by atoms with E-state index >= 15 is 0 Å². The predicted molar refractivity (Wildman–Crippen MR) is 103 cm³/mol. The summed E-state index contributed by atoms with van der Waals surface area (Å²) in [6, 6.07) is 8.35. The van der Waals surface area contributed by atoms with Crippen molar-refractivity contribution in [2.45, 2.75) is 6.92 Å². The van der Waals surface area contributed by atoms with E-state index in [4.69, 9.17) is 0 Å². The summed E-state index contributed by atoms with van der Waals surface area (Å²) in [5.74, 6) is -0.619. The van der Waals surface area contributed by atoms with Crippen LogP contribution in [0.2, 0.25) is 0 Å². The van der Waals surface area contributed by atoms with Crippen molar-refractivity contribution in [2.75, 3.05) is 19.0 Å². The largest absolute Gasteiger partial charge is 0.363 e. The maximum Gasteiger partial charge on any atom is 0.273 e. The molecule has 0 unspecified atom stereocenters. The molecule has 142 valence electrons. The molecule has 3 aromatic heterocycles. The Bertz CT molecular complexity index is 1240. The molecule has 0 spiro atoms. The first-order valence-electron chi connectivity index (χ1n) is 8.56. The molecule has 8 heteroatoms. The van der Waals surface area contributed by atoms with Crippen LogP contribution in [0.5, 0.6) is 0 Å². The highest BCUT2D eigenvalue weighted by Crippen LogP contribution is 2.30. The number of nitrogens with zero attached hydrogens (tertiary/aromatic N) is 4. The van der Waals surface area contributed by atoms with Gasteiger partial charge in [-0.15, -0.1) is 0 Å². The van der Waals surface area contributed by atoms with E-state index in [2.05, 4.69) is 15.1 Å². The van der Waals surface area contributed by atoms with Gasteiger partial charge in [0, 0.05) is 54.8 Å². The quantitative estimate of drug-likeness (QED) is 0.591. The first-order chi connectivity index (χ1) is 13.3. The molecule has 0 saturated carbocycles. The zero-order valence-electron chi connectivity index (χ0n) is 15.5. The minimum absolute atomic E-state index is 0.169. The van der Waals surface area contributed by atoms with Crippen molar-refractivity contribution < 1.29 is 8.78 Å². The number of aryl methyl sites for hydroxylation is 1. The van der Waals surface area contributed by atoms with E-state index in [9.17, 15) is 13.6 Å². The lowest BCUT2D eigenvalue weighted by molar-refractivity contribution is 0.585. The highest BCUT2D eigenvalue weighted by molar-refractivity contribution is 5.81. The molecule has 0 aliphatic heterocycles. The van der Waals surface area contributed by atoms with E-state index < -0.39 is 11.6 Å². The molecule has 1 N–H and O–H groups in total. The third kappa shape index (κ3) is 2.92. The van der Waals surface area contributed by atoms with Crippen molar-refractivity contribution >= 4 is 11.5 Å². The number of aromatic nitrogens is 4. The minimum atomic E-state index is -0.721. The van der Waals surface area contributed by atoms with Gasteiger partial charge < -0.3 is 4.90 Å². The molecule has 0 bridgehead atoms. The predicted octanol–water partition coefficient (Wildman–Crippen LogP) is 3.40. The number of pyridine rings is 1. The van der Waals surface area contributed by atoms with Gasteiger partial charge in [0.2, 0.25) is 0 Å². The Labute approximate surface area is 159 Å². The van der Waals surface area contributed by atoms with Crippen LogP contribution in [0.1, 0.15) is 5.69 Å². The van der Waals surface area contributed by atoms with E-state index in [0.717, 1.165) is 11.9 Å². The molecular formula is C20H17F2N5O. The summed E-state index contributed by atoms with van der Waals surface area (Å²) < 4.78 is 28.9. The second kappa shape index (κ2) is 6.56. The summed E-state index contributed by atoms with van der Waals surface area (Å²) in [5, 5.41) is 2.90. The first-order valence-corrected chi connectivity index (χ1v) is 8.56. The number of anilines is 1.